The Balaban J connectivity index is 1.77. The van der Waals surface area contributed by atoms with Crippen molar-refractivity contribution in [2.75, 3.05) is 31.3 Å². The molecule has 0 amide bonds. The molecule has 0 aromatic heterocycles. The Morgan fingerprint density at radius 3 is 2.68 bits per heavy atom. The van der Waals surface area contributed by atoms with Crippen LogP contribution in [0.5, 0.6) is 5.75 Å². The second-order valence-corrected chi connectivity index (χ2v) is 7.92. The van der Waals surface area contributed by atoms with Gasteiger partial charge in [0.25, 0.3) is 0 Å². The Morgan fingerprint density at radius 1 is 1.23 bits per heavy atom. The minimum absolute atomic E-state index is 0.0792. The van der Waals surface area contributed by atoms with Crippen LogP contribution in [0.25, 0.3) is 5.70 Å². The number of likely N-dealkylation sites (tertiary alicyclic amines) is 1. The second-order valence-electron chi connectivity index (χ2n) is 7.49. The standard InChI is InChI=1S/C24H28ClN3O3/c1-18(24(29)30)15-23(28(26)21-9-5-8-20(25)17-21)19-7-4-10-22(16-19)31-14-6-13-27-11-2-3-12-27/h4-5,7-10,15-17H,1-3,6,11-14,26H2,(H,29,30)/b23-15-. The first-order valence-electron chi connectivity index (χ1n) is 10.3. The van der Waals surface area contributed by atoms with E-state index in [9.17, 15) is 9.90 Å². The molecule has 2 aromatic rings. The van der Waals surface area contributed by atoms with Crippen molar-refractivity contribution in [2.45, 2.75) is 19.3 Å². The van der Waals surface area contributed by atoms with Gasteiger partial charge in [-0.3, -0.25) is 5.01 Å². The molecule has 0 bridgehead atoms. The summed E-state index contributed by atoms with van der Waals surface area (Å²) < 4.78 is 5.94. The van der Waals surface area contributed by atoms with Crippen molar-refractivity contribution >= 4 is 29.0 Å². The summed E-state index contributed by atoms with van der Waals surface area (Å²) in [6.45, 7) is 7.61. The zero-order valence-corrected chi connectivity index (χ0v) is 18.2. The van der Waals surface area contributed by atoms with Crippen LogP contribution in [0.4, 0.5) is 5.69 Å². The van der Waals surface area contributed by atoms with Gasteiger partial charge in [-0.1, -0.05) is 36.4 Å². The summed E-state index contributed by atoms with van der Waals surface area (Å²) in [5.74, 6) is 5.94. The van der Waals surface area contributed by atoms with Gasteiger partial charge in [-0.25, -0.2) is 10.6 Å². The van der Waals surface area contributed by atoms with Crippen molar-refractivity contribution in [3.63, 3.8) is 0 Å². The van der Waals surface area contributed by atoms with E-state index >= 15 is 0 Å². The SMILES string of the molecule is C=C(/C=C(/c1cccc(OCCCN2CCCC2)c1)N(N)c1cccc(Cl)c1)C(=O)O. The summed E-state index contributed by atoms with van der Waals surface area (Å²) in [6.07, 6.45) is 4.95. The Hall–Kier alpha value is -2.80. The van der Waals surface area contributed by atoms with E-state index in [2.05, 4.69) is 11.5 Å². The van der Waals surface area contributed by atoms with Crippen LogP contribution < -0.4 is 15.6 Å². The molecule has 2 aromatic carbocycles. The first-order chi connectivity index (χ1) is 14.9. The third-order valence-electron chi connectivity index (χ3n) is 5.15. The molecule has 3 rings (SSSR count). The second kappa shape index (κ2) is 11.0. The molecular weight excluding hydrogens is 414 g/mol. The van der Waals surface area contributed by atoms with Crippen LogP contribution in [0, 0.1) is 0 Å². The largest absolute Gasteiger partial charge is 0.494 e. The molecule has 1 heterocycles. The lowest BCUT2D eigenvalue weighted by molar-refractivity contribution is -0.132. The van der Waals surface area contributed by atoms with E-state index in [1.165, 1.54) is 37.0 Å². The zero-order chi connectivity index (χ0) is 22.2. The summed E-state index contributed by atoms with van der Waals surface area (Å²) >= 11 is 6.10. The number of benzene rings is 2. The quantitative estimate of drug-likeness (QED) is 0.185. The summed E-state index contributed by atoms with van der Waals surface area (Å²) in [7, 11) is 0. The molecule has 7 heteroatoms. The third-order valence-corrected chi connectivity index (χ3v) is 5.38. The van der Waals surface area contributed by atoms with Crippen molar-refractivity contribution in [1.29, 1.82) is 0 Å². The van der Waals surface area contributed by atoms with Crippen LogP contribution in [0.15, 0.2) is 66.8 Å². The number of carboxylic acids is 1. The molecule has 0 saturated carbocycles. The lowest BCUT2D eigenvalue weighted by Crippen LogP contribution is -2.29. The molecule has 1 fully saturated rings. The highest BCUT2D eigenvalue weighted by Crippen LogP contribution is 2.28. The lowest BCUT2D eigenvalue weighted by atomic mass is 10.1. The number of anilines is 1. The molecule has 0 aliphatic carbocycles. The lowest BCUT2D eigenvalue weighted by Gasteiger charge is -2.23. The number of hydrogen-bond acceptors (Lipinski definition) is 5. The van der Waals surface area contributed by atoms with Crippen molar-refractivity contribution in [2.24, 2.45) is 5.84 Å². The average molecular weight is 442 g/mol. The molecular formula is C24H28ClN3O3. The first kappa shape index (κ1) is 22.9. The Kier molecular flexibility index (Phi) is 8.12. The van der Waals surface area contributed by atoms with E-state index in [0.29, 0.717) is 34.3 Å². The van der Waals surface area contributed by atoms with Crippen LogP contribution in [0.2, 0.25) is 5.02 Å². The monoisotopic (exact) mass is 441 g/mol. The first-order valence-corrected chi connectivity index (χ1v) is 10.7. The van der Waals surface area contributed by atoms with Crippen LogP contribution >= 0.6 is 11.6 Å². The molecule has 1 aliphatic heterocycles. The fraction of sp³-hybridized carbons (Fsp3) is 0.292. The fourth-order valence-electron chi connectivity index (χ4n) is 3.51. The summed E-state index contributed by atoms with van der Waals surface area (Å²) in [6, 6.07) is 14.5. The molecule has 6 nitrogen and oxygen atoms in total. The predicted octanol–water partition coefficient (Wildman–Crippen LogP) is 4.57. The van der Waals surface area contributed by atoms with Crippen LogP contribution in [-0.2, 0) is 4.79 Å². The Morgan fingerprint density at radius 2 is 1.97 bits per heavy atom. The van der Waals surface area contributed by atoms with Gasteiger partial charge < -0.3 is 14.7 Å². The van der Waals surface area contributed by atoms with Crippen molar-refractivity contribution in [1.82, 2.24) is 4.90 Å². The van der Waals surface area contributed by atoms with Gasteiger partial charge in [-0.2, -0.15) is 0 Å². The van der Waals surface area contributed by atoms with Crippen molar-refractivity contribution < 1.29 is 14.6 Å². The fourth-order valence-corrected chi connectivity index (χ4v) is 3.70. The molecule has 0 spiro atoms. The molecule has 1 aliphatic rings. The molecule has 0 atom stereocenters. The van der Waals surface area contributed by atoms with Gasteiger partial charge in [-0.05, 0) is 68.8 Å². The summed E-state index contributed by atoms with van der Waals surface area (Å²) in [5, 5.41) is 11.2. The van der Waals surface area contributed by atoms with Crippen LogP contribution in [0.3, 0.4) is 0 Å². The van der Waals surface area contributed by atoms with E-state index in [1.54, 1.807) is 24.3 Å². The van der Waals surface area contributed by atoms with Gasteiger partial charge in [0.2, 0.25) is 0 Å². The van der Waals surface area contributed by atoms with Gasteiger partial charge in [0.05, 0.1) is 23.6 Å². The number of aliphatic carboxylic acids is 1. The zero-order valence-electron chi connectivity index (χ0n) is 17.5. The number of nitrogens with zero attached hydrogens (tertiary/aromatic N) is 2. The Bertz CT molecular complexity index is 955. The molecule has 0 radical (unpaired) electrons. The molecule has 164 valence electrons. The van der Waals surface area contributed by atoms with E-state index in [4.69, 9.17) is 22.2 Å². The summed E-state index contributed by atoms with van der Waals surface area (Å²) in [4.78, 5) is 13.8. The maximum atomic E-state index is 11.4. The molecule has 0 unspecified atom stereocenters. The highest BCUT2D eigenvalue weighted by Gasteiger charge is 2.15. The number of rotatable bonds is 10. The van der Waals surface area contributed by atoms with E-state index in [-0.39, 0.29) is 5.57 Å². The van der Waals surface area contributed by atoms with E-state index < -0.39 is 5.97 Å². The normalized spacial score (nSPS) is 14.5. The van der Waals surface area contributed by atoms with E-state index in [1.807, 2.05) is 24.3 Å². The van der Waals surface area contributed by atoms with Crippen molar-refractivity contribution in [3.05, 3.63) is 77.3 Å². The number of nitrogens with two attached hydrogens (primary N) is 1. The molecule has 31 heavy (non-hydrogen) atoms. The van der Waals surface area contributed by atoms with Gasteiger partial charge >= 0.3 is 5.97 Å². The average Bonchev–Trinajstić information content (AvgIpc) is 3.28. The number of hydrazine groups is 1. The maximum absolute atomic E-state index is 11.4. The van der Waals surface area contributed by atoms with E-state index in [0.717, 1.165) is 13.0 Å². The highest BCUT2D eigenvalue weighted by atomic mass is 35.5. The highest BCUT2D eigenvalue weighted by molar-refractivity contribution is 6.30. The number of hydrogen-bond donors (Lipinski definition) is 2. The minimum Gasteiger partial charge on any atom is -0.494 e. The Labute approximate surface area is 188 Å². The van der Waals surface area contributed by atoms with Crippen LogP contribution in [0.1, 0.15) is 24.8 Å². The number of carbonyl (C=O) groups is 1. The molecule has 3 N–H and O–H groups in total. The molecule has 1 saturated heterocycles. The smallest absolute Gasteiger partial charge is 0.335 e. The van der Waals surface area contributed by atoms with Gasteiger partial charge in [0, 0.05) is 17.1 Å². The van der Waals surface area contributed by atoms with Crippen LogP contribution in [-0.4, -0.2) is 42.2 Å². The van der Waals surface area contributed by atoms with Crippen molar-refractivity contribution in [3.8, 4) is 5.75 Å². The maximum Gasteiger partial charge on any atom is 0.335 e. The van der Waals surface area contributed by atoms with Gasteiger partial charge in [0.1, 0.15) is 5.75 Å². The predicted molar refractivity (Wildman–Crippen MR) is 125 cm³/mol. The number of carboxylic acid groups (broad SMARTS) is 1. The summed E-state index contributed by atoms with van der Waals surface area (Å²) in [5.41, 5.74) is 1.72. The van der Waals surface area contributed by atoms with Gasteiger partial charge in [0.15, 0.2) is 0 Å². The topological polar surface area (TPSA) is 79.0 Å². The minimum atomic E-state index is -1.12. The van der Waals surface area contributed by atoms with Gasteiger partial charge in [-0.15, -0.1) is 0 Å². The third kappa shape index (κ3) is 6.59. The number of halogens is 1. The number of ether oxygens (including phenoxy) is 1.